The van der Waals surface area contributed by atoms with Crippen molar-refractivity contribution in [3.05, 3.63) is 70.7 Å². The van der Waals surface area contributed by atoms with Crippen molar-refractivity contribution in [3.8, 4) is 0 Å². The van der Waals surface area contributed by atoms with Crippen molar-refractivity contribution in [2.24, 2.45) is 4.99 Å². The number of rotatable bonds is 4. The Bertz CT molecular complexity index is 1430. The van der Waals surface area contributed by atoms with Gasteiger partial charge in [0.2, 0.25) is 5.95 Å². The average molecular weight is 493 g/mol. The standard InChI is InChI=1S/C25H22F3N7O/c1-13-4-5-17(33-23(36)20-9-16(6-7-30-20)25(26,27)28)10-18(13)19-8-15-11-31-24(29-3)34-21(15)35-12-14(2)32-22(19)35/h4-11,14H,12H2,1-3H3,(H,33,36)(H,29,31,34)/t14-/m1/s1. The summed E-state index contributed by atoms with van der Waals surface area (Å²) in [5.74, 6) is 1.30. The van der Waals surface area contributed by atoms with Crippen LogP contribution < -0.4 is 15.5 Å². The molecule has 0 aliphatic carbocycles. The number of carbonyl (C=O) groups excluding carboxylic acids is 1. The normalized spacial score (nSPS) is 16.6. The lowest BCUT2D eigenvalue weighted by atomic mass is 9.94. The summed E-state index contributed by atoms with van der Waals surface area (Å²) in [4.78, 5) is 32.3. The fourth-order valence-electron chi connectivity index (χ4n) is 4.23. The predicted molar refractivity (Wildman–Crippen MR) is 132 cm³/mol. The Morgan fingerprint density at radius 3 is 2.72 bits per heavy atom. The molecule has 0 saturated heterocycles. The number of aliphatic imine (C=N–C) groups is 1. The number of halogens is 3. The highest BCUT2D eigenvalue weighted by Crippen LogP contribution is 2.38. The van der Waals surface area contributed by atoms with Crippen molar-refractivity contribution in [1.29, 1.82) is 0 Å². The lowest BCUT2D eigenvalue weighted by Gasteiger charge is -2.28. The first-order valence-electron chi connectivity index (χ1n) is 11.2. The maximum atomic E-state index is 13.1. The van der Waals surface area contributed by atoms with Gasteiger partial charge in [-0.3, -0.25) is 14.8 Å². The monoisotopic (exact) mass is 493 g/mol. The van der Waals surface area contributed by atoms with Crippen molar-refractivity contribution in [1.82, 2.24) is 15.0 Å². The molecule has 0 spiro atoms. The maximum Gasteiger partial charge on any atom is 0.416 e. The molecule has 0 bridgehead atoms. The third kappa shape index (κ3) is 4.28. The van der Waals surface area contributed by atoms with Crippen LogP contribution in [0.3, 0.4) is 0 Å². The second-order valence-corrected chi connectivity index (χ2v) is 8.60. The first-order chi connectivity index (χ1) is 17.1. The van der Waals surface area contributed by atoms with Gasteiger partial charge in [-0.05, 0) is 55.3 Å². The van der Waals surface area contributed by atoms with E-state index < -0.39 is 17.6 Å². The lowest BCUT2D eigenvalue weighted by molar-refractivity contribution is -0.137. The summed E-state index contributed by atoms with van der Waals surface area (Å²) in [6.45, 7) is 4.63. The number of hydrogen-bond acceptors (Lipinski definition) is 7. The van der Waals surface area contributed by atoms with Gasteiger partial charge in [-0.15, -0.1) is 0 Å². The fourth-order valence-corrected chi connectivity index (χ4v) is 4.23. The number of alkyl halides is 3. The molecule has 4 heterocycles. The van der Waals surface area contributed by atoms with Crippen LogP contribution in [0, 0.1) is 6.92 Å². The molecule has 0 fully saturated rings. The predicted octanol–water partition coefficient (Wildman–Crippen LogP) is 4.65. The topological polar surface area (TPSA) is 95.4 Å². The highest BCUT2D eigenvalue weighted by molar-refractivity contribution is 6.36. The van der Waals surface area contributed by atoms with Gasteiger partial charge in [0.1, 0.15) is 17.3 Å². The van der Waals surface area contributed by atoms with Gasteiger partial charge in [-0.25, -0.2) is 4.98 Å². The largest absolute Gasteiger partial charge is 0.416 e. The number of nitrogens with one attached hydrogen (secondary N) is 2. The summed E-state index contributed by atoms with van der Waals surface area (Å²) in [6, 6.07) is 6.93. The number of carbonyl (C=O) groups is 1. The van der Waals surface area contributed by atoms with E-state index in [1.165, 1.54) is 0 Å². The molecule has 1 amide bonds. The second kappa shape index (κ2) is 8.74. The summed E-state index contributed by atoms with van der Waals surface area (Å²) in [5.41, 5.74) is 2.61. The number of anilines is 3. The smallest absolute Gasteiger partial charge is 0.357 e. The maximum absolute atomic E-state index is 13.1. The Morgan fingerprint density at radius 1 is 1.17 bits per heavy atom. The quantitative estimate of drug-likeness (QED) is 0.549. The number of fused-ring (bicyclic) bond motifs is 3. The number of aromatic nitrogens is 3. The van der Waals surface area contributed by atoms with Gasteiger partial charge in [0, 0.05) is 42.8 Å². The Morgan fingerprint density at radius 2 is 1.97 bits per heavy atom. The molecule has 5 rings (SSSR count). The van der Waals surface area contributed by atoms with Crippen LogP contribution in [0.2, 0.25) is 0 Å². The molecule has 36 heavy (non-hydrogen) atoms. The zero-order valence-electron chi connectivity index (χ0n) is 19.7. The van der Waals surface area contributed by atoms with Gasteiger partial charge < -0.3 is 15.5 Å². The van der Waals surface area contributed by atoms with E-state index in [2.05, 4.69) is 30.5 Å². The first-order valence-corrected chi connectivity index (χ1v) is 11.2. The van der Waals surface area contributed by atoms with E-state index in [0.717, 1.165) is 52.2 Å². The molecule has 0 saturated carbocycles. The van der Waals surface area contributed by atoms with E-state index >= 15 is 0 Å². The molecule has 2 aliphatic rings. The fraction of sp³-hybridized carbons (Fsp3) is 0.240. The number of pyridine rings is 1. The van der Waals surface area contributed by atoms with Crippen LogP contribution in [0.25, 0.3) is 11.6 Å². The number of hydrogen-bond donors (Lipinski definition) is 2. The average Bonchev–Trinajstić information content (AvgIpc) is 3.25. The summed E-state index contributed by atoms with van der Waals surface area (Å²) in [6.07, 6.45) is 0.109. The molecule has 11 heteroatoms. The molecule has 0 unspecified atom stereocenters. The van der Waals surface area contributed by atoms with Gasteiger partial charge in [-0.1, -0.05) is 6.07 Å². The Balaban J connectivity index is 1.51. The van der Waals surface area contributed by atoms with Crippen LogP contribution in [0.5, 0.6) is 0 Å². The number of benzene rings is 1. The van der Waals surface area contributed by atoms with Gasteiger partial charge in [0.25, 0.3) is 5.91 Å². The minimum Gasteiger partial charge on any atom is -0.357 e. The number of amidine groups is 1. The molecule has 1 atom stereocenters. The SMILES string of the molecule is CNc1ncc2c(n1)N1C[C@@H](C)N=C1C(c1cc(NC(=O)c3cc(C(F)(F)F)ccn3)ccc1C)=C2. The van der Waals surface area contributed by atoms with E-state index in [-0.39, 0.29) is 11.7 Å². The molecule has 3 aromatic rings. The summed E-state index contributed by atoms with van der Waals surface area (Å²) in [7, 11) is 1.76. The van der Waals surface area contributed by atoms with Crippen LogP contribution in [0.1, 0.15) is 39.7 Å². The molecule has 8 nitrogen and oxygen atoms in total. The second-order valence-electron chi connectivity index (χ2n) is 8.60. The number of aryl methyl sites for hydroxylation is 1. The lowest BCUT2D eigenvalue weighted by Crippen LogP contribution is -2.33. The van der Waals surface area contributed by atoms with Gasteiger partial charge in [-0.2, -0.15) is 18.2 Å². The molecular weight excluding hydrogens is 471 g/mol. The van der Waals surface area contributed by atoms with Crippen molar-refractivity contribution < 1.29 is 18.0 Å². The molecule has 2 aromatic heterocycles. The first kappa shape index (κ1) is 23.5. The highest BCUT2D eigenvalue weighted by Gasteiger charge is 2.34. The van der Waals surface area contributed by atoms with Crippen molar-refractivity contribution >= 4 is 40.8 Å². The third-order valence-corrected chi connectivity index (χ3v) is 5.97. The number of nitrogens with zero attached hydrogens (tertiary/aromatic N) is 5. The minimum atomic E-state index is -4.57. The van der Waals surface area contributed by atoms with Crippen molar-refractivity contribution in [3.63, 3.8) is 0 Å². The molecule has 2 N–H and O–H groups in total. The molecule has 1 aromatic carbocycles. The van der Waals surface area contributed by atoms with E-state index in [1.54, 1.807) is 25.4 Å². The van der Waals surface area contributed by atoms with E-state index in [1.807, 2.05) is 26.0 Å². The molecule has 184 valence electrons. The van der Waals surface area contributed by atoms with Crippen LogP contribution >= 0.6 is 0 Å². The molecule has 0 radical (unpaired) electrons. The summed E-state index contributed by atoms with van der Waals surface area (Å²) in [5, 5.41) is 5.62. The zero-order chi connectivity index (χ0) is 25.6. The van der Waals surface area contributed by atoms with Crippen molar-refractivity contribution in [2.75, 3.05) is 29.1 Å². The van der Waals surface area contributed by atoms with Crippen LogP contribution in [-0.4, -0.2) is 46.3 Å². The van der Waals surface area contributed by atoms with Crippen LogP contribution in [0.4, 0.5) is 30.6 Å². The van der Waals surface area contributed by atoms with Crippen molar-refractivity contribution in [2.45, 2.75) is 26.1 Å². The Labute approximate surface area is 205 Å². The van der Waals surface area contributed by atoms with E-state index in [9.17, 15) is 18.0 Å². The highest BCUT2D eigenvalue weighted by atomic mass is 19.4. The van der Waals surface area contributed by atoms with E-state index in [0.29, 0.717) is 18.2 Å². The summed E-state index contributed by atoms with van der Waals surface area (Å²) < 4.78 is 39.2. The van der Waals surface area contributed by atoms with Crippen LogP contribution in [-0.2, 0) is 6.18 Å². The third-order valence-electron chi connectivity index (χ3n) is 5.97. The molecular formula is C25H22F3N7O. The van der Waals surface area contributed by atoms with Gasteiger partial charge in [0.05, 0.1) is 11.6 Å². The minimum absolute atomic E-state index is 0.0533. The van der Waals surface area contributed by atoms with Crippen LogP contribution in [0.15, 0.2) is 47.7 Å². The summed E-state index contributed by atoms with van der Waals surface area (Å²) >= 11 is 0. The molecule has 2 aliphatic heterocycles. The Hall–Kier alpha value is -4.28. The zero-order valence-corrected chi connectivity index (χ0v) is 19.7. The number of amides is 1. The van der Waals surface area contributed by atoms with E-state index in [4.69, 9.17) is 4.99 Å². The Kier molecular flexibility index (Phi) is 5.70. The van der Waals surface area contributed by atoms with Gasteiger partial charge in [0.15, 0.2) is 0 Å². The van der Waals surface area contributed by atoms with Gasteiger partial charge >= 0.3 is 6.18 Å².